The fraction of sp³-hybridized carbons (Fsp3) is 0.240. The molecule has 0 bridgehead atoms. The van der Waals surface area contributed by atoms with Crippen molar-refractivity contribution in [2.24, 2.45) is 0 Å². The highest BCUT2D eigenvalue weighted by molar-refractivity contribution is 6.30. The third-order valence-corrected chi connectivity index (χ3v) is 6.13. The SMILES string of the molecule is O=C(c1cn2cc(Cl)ccc2n1)N1CCC[C@H](c2ccc(Cc3cccc(F)c3)cn2)C1. The predicted octanol–water partition coefficient (Wildman–Crippen LogP) is 5.13. The van der Waals surface area contributed by atoms with Gasteiger partial charge in [0.15, 0.2) is 0 Å². The van der Waals surface area contributed by atoms with E-state index in [0.717, 1.165) is 29.7 Å². The molecule has 4 aromatic rings. The molecule has 1 aliphatic rings. The molecule has 0 spiro atoms. The molecule has 0 N–H and O–H groups in total. The Hall–Kier alpha value is -3.25. The molecule has 0 aliphatic carbocycles. The van der Waals surface area contributed by atoms with Crippen molar-refractivity contribution in [3.63, 3.8) is 0 Å². The largest absolute Gasteiger partial charge is 0.337 e. The van der Waals surface area contributed by atoms with Crippen LogP contribution in [0.2, 0.25) is 5.02 Å². The van der Waals surface area contributed by atoms with E-state index in [1.807, 2.05) is 29.3 Å². The number of carbonyl (C=O) groups excluding carboxylic acids is 1. The maximum Gasteiger partial charge on any atom is 0.274 e. The minimum atomic E-state index is -0.229. The van der Waals surface area contributed by atoms with Crippen LogP contribution in [0.5, 0.6) is 0 Å². The average molecular weight is 449 g/mol. The first-order valence-corrected chi connectivity index (χ1v) is 11.1. The Morgan fingerprint density at radius 3 is 2.84 bits per heavy atom. The van der Waals surface area contributed by atoms with Crippen LogP contribution in [-0.2, 0) is 6.42 Å². The van der Waals surface area contributed by atoms with Crippen molar-refractivity contribution < 1.29 is 9.18 Å². The number of nitrogens with zero attached hydrogens (tertiary/aromatic N) is 4. The van der Waals surface area contributed by atoms with Crippen molar-refractivity contribution in [1.82, 2.24) is 19.3 Å². The van der Waals surface area contributed by atoms with E-state index in [2.05, 4.69) is 9.97 Å². The summed E-state index contributed by atoms with van der Waals surface area (Å²) < 4.78 is 15.2. The molecule has 3 aromatic heterocycles. The van der Waals surface area contributed by atoms with E-state index in [4.69, 9.17) is 11.6 Å². The average Bonchev–Trinajstić information content (AvgIpc) is 3.22. The fourth-order valence-electron chi connectivity index (χ4n) is 4.30. The summed E-state index contributed by atoms with van der Waals surface area (Å²) in [7, 11) is 0. The summed E-state index contributed by atoms with van der Waals surface area (Å²) in [6.45, 7) is 1.32. The zero-order valence-electron chi connectivity index (χ0n) is 17.4. The maximum atomic E-state index is 13.4. The van der Waals surface area contributed by atoms with Crippen LogP contribution in [0.15, 0.2) is 67.1 Å². The second-order valence-electron chi connectivity index (χ2n) is 8.23. The first-order chi connectivity index (χ1) is 15.5. The fourth-order valence-corrected chi connectivity index (χ4v) is 4.47. The minimum absolute atomic E-state index is 0.0720. The quantitative estimate of drug-likeness (QED) is 0.434. The molecule has 1 saturated heterocycles. The summed E-state index contributed by atoms with van der Waals surface area (Å²) in [5.74, 6) is -0.118. The van der Waals surface area contributed by atoms with E-state index in [1.54, 1.807) is 41.1 Å². The van der Waals surface area contributed by atoms with Crippen LogP contribution < -0.4 is 0 Å². The third kappa shape index (κ3) is 4.36. The molecular weight excluding hydrogens is 427 g/mol. The second kappa shape index (κ2) is 8.71. The molecule has 1 amide bonds. The lowest BCUT2D eigenvalue weighted by Gasteiger charge is -2.32. The summed E-state index contributed by atoms with van der Waals surface area (Å²) in [6.07, 6.45) is 7.87. The van der Waals surface area contributed by atoms with E-state index in [1.165, 1.54) is 6.07 Å². The predicted molar refractivity (Wildman–Crippen MR) is 122 cm³/mol. The van der Waals surface area contributed by atoms with Crippen LogP contribution in [0.4, 0.5) is 4.39 Å². The van der Waals surface area contributed by atoms with Gasteiger partial charge in [0.05, 0.1) is 5.02 Å². The number of likely N-dealkylation sites (tertiary alicyclic amines) is 1. The lowest BCUT2D eigenvalue weighted by Crippen LogP contribution is -2.39. The Kier molecular flexibility index (Phi) is 5.62. The van der Waals surface area contributed by atoms with Gasteiger partial charge in [-0.05, 0) is 60.7 Å². The number of halogens is 2. The number of imidazole rings is 1. The molecule has 1 aliphatic heterocycles. The molecule has 4 heterocycles. The van der Waals surface area contributed by atoms with E-state index < -0.39 is 0 Å². The number of hydrogen-bond donors (Lipinski definition) is 0. The lowest BCUT2D eigenvalue weighted by molar-refractivity contribution is 0.0700. The van der Waals surface area contributed by atoms with Crippen LogP contribution in [-0.4, -0.2) is 38.3 Å². The van der Waals surface area contributed by atoms with Crippen LogP contribution in [0.3, 0.4) is 0 Å². The number of fused-ring (bicyclic) bond motifs is 1. The number of aromatic nitrogens is 3. The van der Waals surface area contributed by atoms with E-state index in [0.29, 0.717) is 35.9 Å². The van der Waals surface area contributed by atoms with Crippen molar-refractivity contribution in [2.75, 3.05) is 13.1 Å². The van der Waals surface area contributed by atoms with Gasteiger partial charge in [0.1, 0.15) is 17.2 Å². The lowest BCUT2D eigenvalue weighted by atomic mass is 9.93. The van der Waals surface area contributed by atoms with E-state index >= 15 is 0 Å². The Morgan fingerprint density at radius 1 is 1.12 bits per heavy atom. The molecule has 1 fully saturated rings. The number of carbonyl (C=O) groups is 1. The zero-order valence-corrected chi connectivity index (χ0v) is 18.2. The normalized spacial score (nSPS) is 16.4. The molecule has 5 rings (SSSR count). The number of pyridine rings is 2. The summed E-state index contributed by atoms with van der Waals surface area (Å²) in [5.41, 5.74) is 4.05. The second-order valence-corrected chi connectivity index (χ2v) is 8.66. The van der Waals surface area contributed by atoms with Crippen LogP contribution in [0.1, 0.15) is 46.1 Å². The monoisotopic (exact) mass is 448 g/mol. The van der Waals surface area contributed by atoms with Crippen molar-refractivity contribution >= 4 is 23.2 Å². The highest BCUT2D eigenvalue weighted by Crippen LogP contribution is 2.27. The van der Waals surface area contributed by atoms with Gasteiger partial charge < -0.3 is 9.30 Å². The zero-order chi connectivity index (χ0) is 22.1. The summed E-state index contributed by atoms with van der Waals surface area (Å²) >= 11 is 6.04. The topological polar surface area (TPSA) is 50.5 Å². The Balaban J connectivity index is 1.28. The Morgan fingerprint density at radius 2 is 2.03 bits per heavy atom. The summed E-state index contributed by atoms with van der Waals surface area (Å²) in [6, 6.07) is 14.3. The molecule has 0 unspecified atom stereocenters. The third-order valence-electron chi connectivity index (χ3n) is 5.91. The van der Waals surface area contributed by atoms with Crippen molar-refractivity contribution in [1.29, 1.82) is 0 Å². The first-order valence-electron chi connectivity index (χ1n) is 10.7. The Labute approximate surface area is 190 Å². The van der Waals surface area contributed by atoms with Gasteiger partial charge in [0.25, 0.3) is 5.91 Å². The molecule has 1 aromatic carbocycles. The molecule has 32 heavy (non-hydrogen) atoms. The van der Waals surface area contributed by atoms with Gasteiger partial charge >= 0.3 is 0 Å². The van der Waals surface area contributed by atoms with Gasteiger partial charge in [-0.2, -0.15) is 0 Å². The summed E-state index contributed by atoms with van der Waals surface area (Å²) in [4.78, 5) is 24.1. The number of amides is 1. The highest BCUT2D eigenvalue weighted by atomic mass is 35.5. The van der Waals surface area contributed by atoms with Crippen LogP contribution >= 0.6 is 11.6 Å². The van der Waals surface area contributed by atoms with Crippen molar-refractivity contribution in [3.8, 4) is 0 Å². The van der Waals surface area contributed by atoms with Gasteiger partial charge in [-0.3, -0.25) is 9.78 Å². The number of benzene rings is 1. The highest BCUT2D eigenvalue weighted by Gasteiger charge is 2.27. The maximum absolute atomic E-state index is 13.4. The standard InChI is InChI=1S/C25H22ClFN4O/c26-20-7-9-24-29-23(16-31(24)15-20)25(32)30-10-2-4-19(14-30)22-8-6-18(13-28-22)11-17-3-1-5-21(27)12-17/h1,3,5-9,12-13,15-16,19H,2,4,10-11,14H2/t19-/m0/s1. The summed E-state index contributed by atoms with van der Waals surface area (Å²) in [5, 5.41) is 0.596. The minimum Gasteiger partial charge on any atom is -0.337 e. The van der Waals surface area contributed by atoms with Gasteiger partial charge in [0, 0.05) is 43.3 Å². The van der Waals surface area contributed by atoms with E-state index in [-0.39, 0.29) is 17.6 Å². The smallest absolute Gasteiger partial charge is 0.274 e. The van der Waals surface area contributed by atoms with Gasteiger partial charge in [0.2, 0.25) is 0 Å². The molecule has 7 heteroatoms. The number of rotatable bonds is 4. The number of hydrogen-bond acceptors (Lipinski definition) is 3. The molecule has 0 saturated carbocycles. The van der Waals surface area contributed by atoms with Crippen LogP contribution in [0, 0.1) is 5.82 Å². The molecular formula is C25H22ClFN4O. The van der Waals surface area contributed by atoms with Crippen molar-refractivity contribution in [3.05, 3.63) is 100 Å². The van der Waals surface area contributed by atoms with E-state index in [9.17, 15) is 9.18 Å². The van der Waals surface area contributed by atoms with Gasteiger partial charge in [-0.25, -0.2) is 9.37 Å². The van der Waals surface area contributed by atoms with Gasteiger partial charge in [-0.15, -0.1) is 0 Å². The van der Waals surface area contributed by atoms with Gasteiger partial charge in [-0.1, -0.05) is 29.8 Å². The van der Waals surface area contributed by atoms with Crippen molar-refractivity contribution in [2.45, 2.75) is 25.2 Å². The number of piperidine rings is 1. The molecule has 5 nitrogen and oxygen atoms in total. The first kappa shape index (κ1) is 20.6. The Bertz CT molecular complexity index is 1270. The molecule has 162 valence electrons. The molecule has 0 radical (unpaired) electrons. The van der Waals surface area contributed by atoms with Crippen LogP contribution in [0.25, 0.3) is 5.65 Å². The molecule has 1 atom stereocenters.